The molecule has 0 saturated carbocycles. The van der Waals surface area contributed by atoms with Crippen LogP contribution in [-0.2, 0) is 11.3 Å². The molecular formula is C25H43N5O2. The first-order chi connectivity index (χ1) is 15.8. The molecule has 1 aromatic carbocycles. The van der Waals surface area contributed by atoms with E-state index in [1.54, 1.807) is 0 Å². The van der Waals surface area contributed by atoms with Gasteiger partial charge in [-0.15, -0.1) is 0 Å². The van der Waals surface area contributed by atoms with Crippen LogP contribution in [0, 0.1) is 0 Å². The summed E-state index contributed by atoms with van der Waals surface area (Å²) in [5, 5.41) is 6.88. The number of likely N-dealkylation sites (tertiary alicyclic amines) is 1. The molecule has 1 atom stereocenters. The van der Waals surface area contributed by atoms with Crippen LogP contribution < -0.4 is 15.4 Å². The first-order valence-electron chi connectivity index (χ1n) is 12.5. The third-order valence-corrected chi connectivity index (χ3v) is 6.35. The summed E-state index contributed by atoms with van der Waals surface area (Å²) in [4.78, 5) is 9.83. The number of ether oxygens (including phenoxy) is 2. The average Bonchev–Trinajstić information content (AvgIpc) is 2.82. The second kappa shape index (κ2) is 14.3. The highest BCUT2D eigenvalue weighted by Crippen LogP contribution is 2.19. The van der Waals surface area contributed by atoms with Crippen molar-refractivity contribution < 1.29 is 9.47 Å². The minimum absolute atomic E-state index is 0.603. The lowest BCUT2D eigenvalue weighted by atomic mass is 10.0. The molecular weight excluding hydrogens is 402 g/mol. The first-order valence-corrected chi connectivity index (χ1v) is 12.5. The maximum atomic E-state index is 6.11. The van der Waals surface area contributed by atoms with Gasteiger partial charge in [0.15, 0.2) is 5.96 Å². The number of aliphatic imine (C=N–C) groups is 1. The molecule has 180 valence electrons. The van der Waals surface area contributed by atoms with E-state index in [-0.39, 0.29) is 0 Å². The number of hydrogen-bond donors (Lipinski definition) is 2. The van der Waals surface area contributed by atoms with Crippen molar-refractivity contribution in [2.75, 3.05) is 65.6 Å². The van der Waals surface area contributed by atoms with Crippen LogP contribution in [0.25, 0.3) is 0 Å². The van der Waals surface area contributed by atoms with Crippen LogP contribution in [0.4, 0.5) is 0 Å². The average molecular weight is 446 g/mol. The van der Waals surface area contributed by atoms with Gasteiger partial charge in [-0.2, -0.15) is 0 Å². The van der Waals surface area contributed by atoms with Crippen LogP contribution in [0.5, 0.6) is 5.75 Å². The van der Waals surface area contributed by atoms with E-state index in [9.17, 15) is 0 Å². The zero-order chi connectivity index (χ0) is 22.4. The molecule has 7 nitrogen and oxygen atoms in total. The van der Waals surface area contributed by atoms with Crippen molar-refractivity contribution >= 4 is 5.96 Å². The summed E-state index contributed by atoms with van der Waals surface area (Å²) in [6, 6.07) is 8.96. The smallest absolute Gasteiger partial charge is 0.191 e. The van der Waals surface area contributed by atoms with Gasteiger partial charge in [-0.05, 0) is 45.7 Å². The van der Waals surface area contributed by atoms with E-state index >= 15 is 0 Å². The molecule has 0 spiro atoms. The van der Waals surface area contributed by atoms with Crippen LogP contribution in [0.2, 0.25) is 0 Å². The number of benzene rings is 1. The maximum absolute atomic E-state index is 6.11. The number of hydrogen-bond acceptors (Lipinski definition) is 5. The Labute approximate surface area is 194 Å². The Morgan fingerprint density at radius 3 is 2.78 bits per heavy atom. The summed E-state index contributed by atoms with van der Waals surface area (Å²) < 4.78 is 11.5. The van der Waals surface area contributed by atoms with E-state index in [1.165, 1.54) is 25.8 Å². The van der Waals surface area contributed by atoms with Crippen molar-refractivity contribution in [2.24, 2.45) is 4.99 Å². The van der Waals surface area contributed by atoms with E-state index in [0.29, 0.717) is 13.2 Å². The molecule has 0 aromatic heterocycles. The Hall–Kier alpha value is -1.83. The first kappa shape index (κ1) is 24.8. The van der Waals surface area contributed by atoms with Crippen molar-refractivity contribution in [2.45, 2.75) is 52.1 Å². The Bertz CT molecular complexity index is 678. The van der Waals surface area contributed by atoms with Crippen LogP contribution in [0.3, 0.4) is 0 Å². The monoisotopic (exact) mass is 445 g/mol. The molecule has 7 heteroatoms. The molecule has 2 saturated heterocycles. The topological polar surface area (TPSA) is 61.4 Å². The molecule has 0 amide bonds. The van der Waals surface area contributed by atoms with E-state index in [0.717, 1.165) is 82.2 Å². The van der Waals surface area contributed by atoms with Gasteiger partial charge < -0.3 is 25.0 Å². The number of morpholine rings is 1. The SMILES string of the molecule is CCNC(=NCc1ccccc1OCCN1CCOCC1)NCCCN1CCCCC1C. The Balaban J connectivity index is 1.44. The predicted molar refractivity (Wildman–Crippen MR) is 132 cm³/mol. The van der Waals surface area contributed by atoms with Gasteiger partial charge in [-0.3, -0.25) is 4.90 Å². The van der Waals surface area contributed by atoms with Crippen molar-refractivity contribution in [1.82, 2.24) is 20.4 Å². The number of piperidine rings is 1. The summed E-state index contributed by atoms with van der Waals surface area (Å²) in [6.07, 6.45) is 5.20. The summed E-state index contributed by atoms with van der Waals surface area (Å²) in [6.45, 7) is 14.5. The Morgan fingerprint density at radius 1 is 1.12 bits per heavy atom. The van der Waals surface area contributed by atoms with E-state index < -0.39 is 0 Å². The molecule has 1 unspecified atom stereocenters. The minimum Gasteiger partial charge on any atom is -0.492 e. The molecule has 0 bridgehead atoms. The molecule has 2 aliphatic rings. The molecule has 2 heterocycles. The van der Waals surface area contributed by atoms with Gasteiger partial charge in [0.25, 0.3) is 0 Å². The van der Waals surface area contributed by atoms with Crippen LogP contribution in [-0.4, -0.2) is 87.4 Å². The van der Waals surface area contributed by atoms with E-state index in [2.05, 4.69) is 46.4 Å². The fourth-order valence-electron chi connectivity index (χ4n) is 4.37. The highest BCUT2D eigenvalue weighted by Gasteiger charge is 2.17. The number of para-hydroxylation sites is 1. The third kappa shape index (κ3) is 8.60. The minimum atomic E-state index is 0.603. The number of nitrogens with zero attached hydrogens (tertiary/aromatic N) is 3. The van der Waals surface area contributed by atoms with Crippen molar-refractivity contribution in [1.29, 1.82) is 0 Å². The lowest BCUT2D eigenvalue weighted by molar-refractivity contribution is 0.0322. The zero-order valence-electron chi connectivity index (χ0n) is 20.2. The summed E-state index contributed by atoms with van der Waals surface area (Å²) in [5.41, 5.74) is 1.12. The molecule has 0 radical (unpaired) electrons. The van der Waals surface area contributed by atoms with Gasteiger partial charge in [0.2, 0.25) is 0 Å². The lowest BCUT2D eigenvalue weighted by Crippen LogP contribution is -2.41. The molecule has 0 aliphatic carbocycles. The lowest BCUT2D eigenvalue weighted by Gasteiger charge is -2.33. The highest BCUT2D eigenvalue weighted by atomic mass is 16.5. The predicted octanol–water partition coefficient (Wildman–Crippen LogP) is 2.72. The van der Waals surface area contributed by atoms with Crippen LogP contribution in [0.1, 0.15) is 45.1 Å². The number of rotatable bonds is 11. The second-order valence-electron chi connectivity index (χ2n) is 8.77. The highest BCUT2D eigenvalue weighted by molar-refractivity contribution is 5.79. The van der Waals surface area contributed by atoms with E-state index in [4.69, 9.17) is 14.5 Å². The quantitative estimate of drug-likeness (QED) is 0.310. The van der Waals surface area contributed by atoms with Gasteiger partial charge in [0.05, 0.1) is 19.8 Å². The fourth-order valence-corrected chi connectivity index (χ4v) is 4.37. The van der Waals surface area contributed by atoms with Crippen molar-refractivity contribution in [3.8, 4) is 5.75 Å². The van der Waals surface area contributed by atoms with Crippen LogP contribution in [0.15, 0.2) is 29.3 Å². The molecule has 2 N–H and O–H groups in total. The molecule has 32 heavy (non-hydrogen) atoms. The summed E-state index contributed by atoms with van der Waals surface area (Å²) in [5.74, 6) is 1.81. The number of guanidine groups is 1. The maximum Gasteiger partial charge on any atom is 0.191 e. The largest absolute Gasteiger partial charge is 0.492 e. The van der Waals surface area contributed by atoms with Crippen molar-refractivity contribution in [3.05, 3.63) is 29.8 Å². The van der Waals surface area contributed by atoms with Gasteiger partial charge in [-0.25, -0.2) is 4.99 Å². The Morgan fingerprint density at radius 2 is 1.97 bits per heavy atom. The molecule has 1 aromatic rings. The van der Waals surface area contributed by atoms with Crippen molar-refractivity contribution in [3.63, 3.8) is 0 Å². The molecule has 3 rings (SSSR count). The van der Waals surface area contributed by atoms with Gasteiger partial charge in [-0.1, -0.05) is 24.6 Å². The van der Waals surface area contributed by atoms with E-state index in [1.807, 2.05) is 12.1 Å². The van der Waals surface area contributed by atoms with Gasteiger partial charge in [0.1, 0.15) is 12.4 Å². The van der Waals surface area contributed by atoms with Gasteiger partial charge in [0, 0.05) is 50.9 Å². The Kier molecular flexibility index (Phi) is 11.1. The normalized spacial score (nSPS) is 20.8. The summed E-state index contributed by atoms with van der Waals surface area (Å²) in [7, 11) is 0. The summed E-state index contributed by atoms with van der Waals surface area (Å²) >= 11 is 0. The standard InChI is InChI=1S/C25H43N5O2/c1-3-26-25(27-12-8-14-30-13-7-6-9-22(30)2)28-21-23-10-4-5-11-24(23)32-20-17-29-15-18-31-19-16-29/h4-5,10-11,22H,3,6-9,12-21H2,1-2H3,(H2,26,27,28). The zero-order valence-corrected chi connectivity index (χ0v) is 20.2. The fraction of sp³-hybridized carbons (Fsp3) is 0.720. The van der Waals surface area contributed by atoms with Gasteiger partial charge >= 0.3 is 0 Å². The molecule has 2 fully saturated rings. The van der Waals surface area contributed by atoms with Crippen LogP contribution >= 0.6 is 0 Å². The third-order valence-electron chi connectivity index (χ3n) is 6.35. The second-order valence-corrected chi connectivity index (χ2v) is 8.77. The molecule has 2 aliphatic heterocycles. The number of nitrogens with one attached hydrogen (secondary N) is 2.